The number of anilines is 1. The monoisotopic (exact) mass is 209 g/mol. The van der Waals surface area contributed by atoms with E-state index in [1.165, 1.54) is 10.9 Å². The van der Waals surface area contributed by atoms with Crippen molar-refractivity contribution in [2.75, 3.05) is 12.3 Å². The lowest BCUT2D eigenvalue weighted by Gasteiger charge is -2.16. The van der Waals surface area contributed by atoms with Crippen LogP contribution in [0.3, 0.4) is 0 Å². The van der Waals surface area contributed by atoms with Gasteiger partial charge in [0, 0.05) is 12.6 Å². The molecule has 82 valence electrons. The highest BCUT2D eigenvalue weighted by atomic mass is 16.1. The average molecular weight is 209 g/mol. The summed E-state index contributed by atoms with van der Waals surface area (Å²) in [5.74, 6) is 0.609. The molecule has 0 bridgehead atoms. The van der Waals surface area contributed by atoms with Crippen LogP contribution in [0.25, 0.3) is 0 Å². The van der Waals surface area contributed by atoms with Crippen molar-refractivity contribution >= 4 is 5.95 Å². The van der Waals surface area contributed by atoms with Gasteiger partial charge in [0.2, 0.25) is 5.95 Å². The highest BCUT2D eigenvalue weighted by Crippen LogP contribution is 2.14. The lowest BCUT2D eigenvalue weighted by Crippen LogP contribution is -2.36. The SMILES string of the molecule is CC1CCNC1Cn1cnc(N)nc1=O. The summed E-state index contributed by atoms with van der Waals surface area (Å²) in [5, 5.41) is 3.35. The number of aromatic nitrogens is 3. The van der Waals surface area contributed by atoms with Crippen LogP contribution in [-0.2, 0) is 6.54 Å². The molecule has 1 aliphatic heterocycles. The molecule has 1 fully saturated rings. The molecule has 2 heterocycles. The minimum atomic E-state index is -0.330. The average Bonchev–Trinajstić information content (AvgIpc) is 2.57. The van der Waals surface area contributed by atoms with E-state index in [2.05, 4.69) is 22.2 Å². The van der Waals surface area contributed by atoms with E-state index < -0.39 is 0 Å². The Bertz CT molecular complexity index is 402. The van der Waals surface area contributed by atoms with Crippen LogP contribution in [0.15, 0.2) is 11.1 Å². The fourth-order valence-electron chi connectivity index (χ4n) is 1.85. The Balaban J connectivity index is 2.14. The van der Waals surface area contributed by atoms with Crippen LogP contribution in [0.2, 0.25) is 0 Å². The quantitative estimate of drug-likeness (QED) is 0.667. The van der Waals surface area contributed by atoms with Gasteiger partial charge < -0.3 is 11.1 Å². The van der Waals surface area contributed by atoms with Crippen LogP contribution >= 0.6 is 0 Å². The van der Waals surface area contributed by atoms with Crippen molar-refractivity contribution in [2.24, 2.45) is 5.92 Å². The van der Waals surface area contributed by atoms with Crippen LogP contribution in [0.5, 0.6) is 0 Å². The first kappa shape index (κ1) is 10.1. The van der Waals surface area contributed by atoms with Crippen LogP contribution in [0.1, 0.15) is 13.3 Å². The molecule has 1 saturated heterocycles. The lowest BCUT2D eigenvalue weighted by molar-refractivity contribution is 0.411. The van der Waals surface area contributed by atoms with Crippen molar-refractivity contribution in [1.82, 2.24) is 19.9 Å². The van der Waals surface area contributed by atoms with Gasteiger partial charge in [0.25, 0.3) is 0 Å². The van der Waals surface area contributed by atoms with Gasteiger partial charge in [-0.1, -0.05) is 6.92 Å². The van der Waals surface area contributed by atoms with Crippen LogP contribution in [-0.4, -0.2) is 27.1 Å². The van der Waals surface area contributed by atoms with Crippen molar-refractivity contribution in [2.45, 2.75) is 25.9 Å². The van der Waals surface area contributed by atoms with Gasteiger partial charge >= 0.3 is 5.69 Å². The van der Waals surface area contributed by atoms with E-state index in [4.69, 9.17) is 5.73 Å². The van der Waals surface area contributed by atoms with Crippen molar-refractivity contribution in [3.8, 4) is 0 Å². The summed E-state index contributed by atoms with van der Waals surface area (Å²) in [6.07, 6.45) is 2.60. The summed E-state index contributed by atoms with van der Waals surface area (Å²) in [6, 6.07) is 0.329. The van der Waals surface area contributed by atoms with Gasteiger partial charge in [0.15, 0.2) is 0 Å². The summed E-state index contributed by atoms with van der Waals surface area (Å²) in [5.41, 5.74) is 4.98. The molecule has 2 unspecified atom stereocenters. The summed E-state index contributed by atoms with van der Waals surface area (Å²) >= 11 is 0. The Labute approximate surface area is 87.5 Å². The van der Waals surface area contributed by atoms with Crippen molar-refractivity contribution in [3.63, 3.8) is 0 Å². The molecule has 1 aromatic rings. The maximum atomic E-state index is 11.4. The predicted molar refractivity (Wildman–Crippen MR) is 56.3 cm³/mol. The van der Waals surface area contributed by atoms with Crippen LogP contribution in [0.4, 0.5) is 5.95 Å². The molecule has 6 heteroatoms. The molecular weight excluding hydrogens is 194 g/mol. The molecule has 1 aliphatic rings. The second-order valence-electron chi connectivity index (χ2n) is 3.98. The third kappa shape index (κ3) is 2.15. The summed E-state index contributed by atoms with van der Waals surface area (Å²) in [4.78, 5) is 18.8. The van der Waals surface area contributed by atoms with Gasteiger partial charge in [-0.15, -0.1) is 0 Å². The molecule has 2 atom stereocenters. The first-order valence-electron chi connectivity index (χ1n) is 5.09. The number of nitrogens with one attached hydrogen (secondary N) is 1. The van der Waals surface area contributed by atoms with Gasteiger partial charge in [-0.05, 0) is 18.9 Å². The highest BCUT2D eigenvalue weighted by molar-refractivity contribution is 5.09. The summed E-state index contributed by atoms with van der Waals surface area (Å²) < 4.78 is 1.50. The zero-order valence-electron chi connectivity index (χ0n) is 8.68. The van der Waals surface area contributed by atoms with Crippen molar-refractivity contribution in [3.05, 3.63) is 16.8 Å². The number of nitrogens with zero attached hydrogens (tertiary/aromatic N) is 3. The van der Waals surface area contributed by atoms with Gasteiger partial charge in [-0.3, -0.25) is 4.57 Å². The molecule has 0 amide bonds. The third-order valence-electron chi connectivity index (χ3n) is 2.87. The third-order valence-corrected chi connectivity index (χ3v) is 2.87. The molecule has 6 nitrogen and oxygen atoms in total. The van der Waals surface area contributed by atoms with Gasteiger partial charge in [-0.2, -0.15) is 4.98 Å². The smallest absolute Gasteiger partial charge is 0.352 e. The maximum Gasteiger partial charge on any atom is 0.352 e. The Kier molecular flexibility index (Phi) is 2.68. The molecule has 0 spiro atoms. The first-order valence-corrected chi connectivity index (χ1v) is 5.09. The number of nitrogen functional groups attached to an aromatic ring is 1. The minimum absolute atomic E-state index is 0.0312. The van der Waals surface area contributed by atoms with E-state index in [1.807, 2.05) is 0 Å². The number of nitrogens with two attached hydrogens (primary N) is 1. The largest absolute Gasteiger partial charge is 0.368 e. The standard InChI is InChI=1S/C9H15N5O/c1-6-2-3-11-7(6)4-14-5-12-8(10)13-9(14)15/h5-7,11H,2-4H2,1H3,(H2,10,13,15). The Morgan fingerprint density at radius 2 is 2.53 bits per heavy atom. The zero-order valence-corrected chi connectivity index (χ0v) is 8.68. The number of hydrogen-bond acceptors (Lipinski definition) is 5. The van der Waals surface area contributed by atoms with E-state index in [0.717, 1.165) is 13.0 Å². The highest BCUT2D eigenvalue weighted by Gasteiger charge is 2.23. The molecule has 0 aromatic carbocycles. The fourth-order valence-corrected chi connectivity index (χ4v) is 1.85. The topological polar surface area (TPSA) is 85.8 Å². The molecule has 15 heavy (non-hydrogen) atoms. The van der Waals surface area contributed by atoms with Crippen molar-refractivity contribution in [1.29, 1.82) is 0 Å². The Hall–Kier alpha value is -1.43. The predicted octanol–water partition coefficient (Wildman–Crippen LogP) is -0.781. The van der Waals surface area contributed by atoms with Crippen LogP contribution in [0, 0.1) is 5.92 Å². The maximum absolute atomic E-state index is 11.4. The van der Waals surface area contributed by atoms with Crippen molar-refractivity contribution < 1.29 is 0 Å². The molecule has 0 saturated carbocycles. The Morgan fingerprint density at radius 3 is 3.13 bits per heavy atom. The van der Waals surface area contributed by atoms with Gasteiger partial charge in [-0.25, -0.2) is 9.78 Å². The molecule has 0 radical (unpaired) electrons. The zero-order chi connectivity index (χ0) is 10.8. The minimum Gasteiger partial charge on any atom is -0.368 e. The van der Waals surface area contributed by atoms with Gasteiger partial charge in [0.05, 0.1) is 0 Å². The van der Waals surface area contributed by atoms with E-state index in [-0.39, 0.29) is 11.6 Å². The molecular formula is C9H15N5O. The lowest BCUT2D eigenvalue weighted by atomic mass is 10.0. The van der Waals surface area contributed by atoms with Crippen LogP contribution < -0.4 is 16.7 Å². The molecule has 3 N–H and O–H groups in total. The molecule has 1 aromatic heterocycles. The van der Waals surface area contributed by atoms with E-state index in [0.29, 0.717) is 18.5 Å². The Morgan fingerprint density at radius 1 is 1.73 bits per heavy atom. The number of hydrogen-bond donors (Lipinski definition) is 2. The second-order valence-corrected chi connectivity index (χ2v) is 3.98. The van der Waals surface area contributed by atoms with Gasteiger partial charge in [0.1, 0.15) is 6.33 Å². The van der Waals surface area contributed by atoms with E-state index in [1.54, 1.807) is 0 Å². The first-order chi connectivity index (χ1) is 7.16. The normalized spacial score (nSPS) is 25.7. The molecule has 2 rings (SSSR count). The second kappa shape index (κ2) is 3.98. The van der Waals surface area contributed by atoms with E-state index >= 15 is 0 Å². The molecule has 0 aliphatic carbocycles. The van der Waals surface area contributed by atoms with E-state index in [9.17, 15) is 4.79 Å². The summed E-state index contributed by atoms with van der Waals surface area (Å²) in [6.45, 7) is 3.80. The number of rotatable bonds is 2. The fraction of sp³-hybridized carbons (Fsp3) is 0.667. The summed E-state index contributed by atoms with van der Waals surface area (Å²) in [7, 11) is 0.